The maximum atomic E-state index is 9.82. The molecule has 1 atom stereocenters. The van der Waals surface area contributed by atoms with Crippen LogP contribution < -0.4 is 0 Å². The van der Waals surface area contributed by atoms with Crippen molar-refractivity contribution in [1.29, 1.82) is 5.26 Å². The molecule has 15 heavy (non-hydrogen) atoms. The quantitative estimate of drug-likeness (QED) is 0.752. The molecule has 1 aromatic rings. The lowest BCUT2D eigenvalue weighted by Crippen LogP contribution is -2.04. The van der Waals surface area contributed by atoms with E-state index in [9.17, 15) is 5.11 Å². The molecular formula is C12H18N2O. The second-order valence-electron chi connectivity index (χ2n) is 4.13. The largest absolute Gasteiger partial charge is 0.388 e. The van der Waals surface area contributed by atoms with E-state index in [1.807, 2.05) is 36.9 Å². The summed E-state index contributed by atoms with van der Waals surface area (Å²) in [6.07, 6.45) is 4.98. The number of hydrogen-bond donors (Lipinski definition) is 1. The molecule has 1 unspecified atom stereocenters. The van der Waals surface area contributed by atoms with Gasteiger partial charge >= 0.3 is 0 Å². The summed E-state index contributed by atoms with van der Waals surface area (Å²) >= 11 is 0. The minimum atomic E-state index is -0.387. The second kappa shape index (κ2) is 5.57. The van der Waals surface area contributed by atoms with Crippen LogP contribution >= 0.6 is 0 Å². The molecule has 1 rings (SSSR count). The SMILES string of the molecule is CC(C)C(O)c1ccn(CCCC#N)c1. The maximum absolute atomic E-state index is 9.82. The van der Waals surface area contributed by atoms with E-state index in [1.54, 1.807) is 0 Å². The molecule has 0 amide bonds. The van der Waals surface area contributed by atoms with Crippen LogP contribution in [0, 0.1) is 17.2 Å². The Bertz CT molecular complexity index is 336. The highest BCUT2D eigenvalue weighted by Crippen LogP contribution is 2.21. The monoisotopic (exact) mass is 206 g/mol. The van der Waals surface area contributed by atoms with E-state index < -0.39 is 0 Å². The fourth-order valence-corrected chi connectivity index (χ4v) is 1.50. The third-order valence-electron chi connectivity index (χ3n) is 2.45. The number of rotatable bonds is 5. The van der Waals surface area contributed by atoms with Crippen LogP contribution in [0.4, 0.5) is 0 Å². The van der Waals surface area contributed by atoms with E-state index >= 15 is 0 Å². The second-order valence-corrected chi connectivity index (χ2v) is 4.13. The fourth-order valence-electron chi connectivity index (χ4n) is 1.50. The van der Waals surface area contributed by atoms with E-state index in [4.69, 9.17) is 5.26 Å². The van der Waals surface area contributed by atoms with Crippen LogP contribution in [0.25, 0.3) is 0 Å². The number of aryl methyl sites for hydroxylation is 1. The molecule has 82 valence electrons. The van der Waals surface area contributed by atoms with E-state index in [2.05, 4.69) is 6.07 Å². The van der Waals surface area contributed by atoms with Crippen molar-refractivity contribution in [2.24, 2.45) is 5.92 Å². The summed E-state index contributed by atoms with van der Waals surface area (Å²) in [5, 5.41) is 18.2. The Morgan fingerprint density at radius 1 is 1.53 bits per heavy atom. The van der Waals surface area contributed by atoms with Gasteiger partial charge < -0.3 is 9.67 Å². The predicted molar refractivity (Wildman–Crippen MR) is 59.1 cm³/mol. The average molecular weight is 206 g/mol. The molecule has 0 fully saturated rings. The van der Waals surface area contributed by atoms with Crippen LogP contribution in [0.15, 0.2) is 18.5 Å². The molecule has 0 saturated carbocycles. The minimum Gasteiger partial charge on any atom is -0.388 e. The van der Waals surface area contributed by atoms with Gasteiger partial charge in [-0.1, -0.05) is 13.8 Å². The lowest BCUT2D eigenvalue weighted by molar-refractivity contribution is 0.127. The van der Waals surface area contributed by atoms with Crippen molar-refractivity contribution in [3.63, 3.8) is 0 Å². The first-order valence-electron chi connectivity index (χ1n) is 5.36. The zero-order chi connectivity index (χ0) is 11.3. The topological polar surface area (TPSA) is 49.0 Å². The minimum absolute atomic E-state index is 0.236. The van der Waals surface area contributed by atoms with Gasteiger partial charge in [0, 0.05) is 25.4 Å². The summed E-state index contributed by atoms with van der Waals surface area (Å²) in [6.45, 7) is 4.84. The molecule has 0 aliphatic carbocycles. The molecule has 0 bridgehead atoms. The highest BCUT2D eigenvalue weighted by Gasteiger charge is 2.12. The van der Waals surface area contributed by atoms with Crippen LogP contribution in [0.2, 0.25) is 0 Å². The predicted octanol–water partition coefficient (Wildman–Crippen LogP) is 2.48. The van der Waals surface area contributed by atoms with Crippen molar-refractivity contribution in [3.8, 4) is 6.07 Å². The standard InChI is InChI=1S/C12H18N2O/c1-10(2)12(15)11-5-8-14(9-11)7-4-3-6-13/h5,8-10,12,15H,3-4,7H2,1-2H3. The number of nitrogens with zero attached hydrogens (tertiary/aromatic N) is 2. The third-order valence-corrected chi connectivity index (χ3v) is 2.45. The normalized spacial score (nSPS) is 12.7. The Morgan fingerprint density at radius 2 is 2.27 bits per heavy atom. The van der Waals surface area contributed by atoms with E-state index in [-0.39, 0.29) is 12.0 Å². The van der Waals surface area contributed by atoms with Gasteiger partial charge in [0.05, 0.1) is 12.2 Å². The van der Waals surface area contributed by atoms with Crippen LogP contribution in [0.1, 0.15) is 38.4 Å². The van der Waals surface area contributed by atoms with E-state index in [0.29, 0.717) is 6.42 Å². The number of aromatic nitrogens is 1. The Hall–Kier alpha value is -1.27. The summed E-state index contributed by atoms with van der Waals surface area (Å²) < 4.78 is 2.03. The van der Waals surface area contributed by atoms with Crippen molar-refractivity contribution >= 4 is 0 Å². The van der Waals surface area contributed by atoms with Crippen LogP contribution in [-0.4, -0.2) is 9.67 Å². The number of nitriles is 1. The zero-order valence-corrected chi connectivity index (χ0v) is 9.35. The first kappa shape index (κ1) is 11.8. The average Bonchev–Trinajstić information content (AvgIpc) is 2.65. The molecule has 1 heterocycles. The highest BCUT2D eigenvalue weighted by atomic mass is 16.3. The molecule has 0 aromatic carbocycles. The number of aliphatic hydroxyl groups is 1. The highest BCUT2D eigenvalue weighted by molar-refractivity contribution is 5.14. The van der Waals surface area contributed by atoms with Gasteiger partial charge in [-0.05, 0) is 24.0 Å². The van der Waals surface area contributed by atoms with Crippen molar-refractivity contribution in [2.45, 2.75) is 39.3 Å². The summed E-state index contributed by atoms with van der Waals surface area (Å²) in [5.74, 6) is 0.236. The molecule has 0 aliphatic rings. The maximum Gasteiger partial charge on any atom is 0.0827 e. The molecule has 0 radical (unpaired) electrons. The van der Waals surface area contributed by atoms with Gasteiger partial charge in [0.2, 0.25) is 0 Å². The van der Waals surface area contributed by atoms with E-state index in [0.717, 1.165) is 18.5 Å². The van der Waals surface area contributed by atoms with Gasteiger partial charge in [-0.15, -0.1) is 0 Å². The molecule has 0 spiro atoms. The fraction of sp³-hybridized carbons (Fsp3) is 0.583. The third kappa shape index (κ3) is 3.41. The molecule has 3 heteroatoms. The van der Waals surface area contributed by atoms with Gasteiger partial charge in [-0.3, -0.25) is 0 Å². The van der Waals surface area contributed by atoms with Gasteiger partial charge in [0.1, 0.15) is 0 Å². The van der Waals surface area contributed by atoms with Crippen molar-refractivity contribution in [2.75, 3.05) is 0 Å². The van der Waals surface area contributed by atoms with Crippen LogP contribution in [0.5, 0.6) is 0 Å². The lowest BCUT2D eigenvalue weighted by atomic mass is 10.0. The van der Waals surface area contributed by atoms with Crippen LogP contribution in [-0.2, 0) is 6.54 Å². The summed E-state index contributed by atoms with van der Waals surface area (Å²) in [7, 11) is 0. The lowest BCUT2D eigenvalue weighted by Gasteiger charge is -2.12. The smallest absolute Gasteiger partial charge is 0.0827 e. The molecule has 1 aromatic heterocycles. The summed E-state index contributed by atoms with van der Waals surface area (Å²) in [5.41, 5.74) is 0.960. The Labute approximate surface area is 91.0 Å². The number of unbranched alkanes of at least 4 members (excludes halogenated alkanes) is 1. The molecule has 3 nitrogen and oxygen atoms in total. The van der Waals surface area contributed by atoms with Gasteiger partial charge in [0.15, 0.2) is 0 Å². The number of hydrogen-bond acceptors (Lipinski definition) is 2. The first-order chi connectivity index (χ1) is 7.15. The zero-order valence-electron chi connectivity index (χ0n) is 9.35. The Morgan fingerprint density at radius 3 is 2.87 bits per heavy atom. The molecule has 1 N–H and O–H groups in total. The van der Waals surface area contributed by atoms with Gasteiger partial charge in [-0.25, -0.2) is 0 Å². The molecule has 0 saturated heterocycles. The van der Waals surface area contributed by atoms with Crippen LogP contribution in [0.3, 0.4) is 0 Å². The Balaban J connectivity index is 2.53. The molecular weight excluding hydrogens is 188 g/mol. The molecule has 0 aliphatic heterocycles. The van der Waals surface area contributed by atoms with Gasteiger partial charge in [-0.2, -0.15) is 5.26 Å². The Kier molecular flexibility index (Phi) is 4.38. The van der Waals surface area contributed by atoms with Crippen molar-refractivity contribution < 1.29 is 5.11 Å². The summed E-state index contributed by atoms with van der Waals surface area (Å²) in [6, 6.07) is 4.06. The van der Waals surface area contributed by atoms with Crippen molar-refractivity contribution in [1.82, 2.24) is 4.57 Å². The van der Waals surface area contributed by atoms with Gasteiger partial charge in [0.25, 0.3) is 0 Å². The summed E-state index contributed by atoms with van der Waals surface area (Å²) in [4.78, 5) is 0. The number of aliphatic hydroxyl groups excluding tert-OH is 1. The van der Waals surface area contributed by atoms with E-state index in [1.165, 1.54) is 0 Å². The van der Waals surface area contributed by atoms with Crippen molar-refractivity contribution in [3.05, 3.63) is 24.0 Å². The first-order valence-corrected chi connectivity index (χ1v) is 5.36.